The van der Waals surface area contributed by atoms with Gasteiger partial charge >= 0.3 is 0 Å². The van der Waals surface area contributed by atoms with E-state index < -0.39 is 5.82 Å². The second kappa shape index (κ2) is 7.00. The van der Waals surface area contributed by atoms with Crippen LogP contribution >= 0.6 is 11.8 Å². The first-order chi connectivity index (χ1) is 9.65. The van der Waals surface area contributed by atoms with Crippen LogP contribution in [-0.2, 0) is 10.5 Å². The van der Waals surface area contributed by atoms with E-state index >= 15 is 0 Å². The number of anilines is 2. The lowest BCUT2D eigenvalue weighted by molar-refractivity contribution is -0.115. The maximum atomic E-state index is 12.9. The summed E-state index contributed by atoms with van der Waals surface area (Å²) in [6.45, 7) is 0. The Morgan fingerprint density at radius 1 is 1.40 bits per heavy atom. The van der Waals surface area contributed by atoms with E-state index in [1.165, 1.54) is 18.2 Å². The molecule has 2 rings (SSSR count). The van der Waals surface area contributed by atoms with Gasteiger partial charge in [0.25, 0.3) is 0 Å². The molecular weight excluding hydrogens is 279 g/mol. The SMILES string of the molecule is Nc1cc(F)ccc1NC(=O)CCSCc1ccco1. The molecule has 0 aliphatic heterocycles. The van der Waals surface area contributed by atoms with Crippen molar-refractivity contribution in [2.75, 3.05) is 16.8 Å². The minimum Gasteiger partial charge on any atom is -0.468 e. The number of furan rings is 1. The molecular formula is C14H15FN2O2S. The maximum absolute atomic E-state index is 12.9. The first-order valence-corrected chi connectivity index (χ1v) is 7.25. The molecule has 0 radical (unpaired) electrons. The van der Waals surface area contributed by atoms with Gasteiger partial charge in [0.1, 0.15) is 11.6 Å². The van der Waals surface area contributed by atoms with Crippen molar-refractivity contribution in [1.29, 1.82) is 0 Å². The molecule has 20 heavy (non-hydrogen) atoms. The number of benzene rings is 1. The van der Waals surface area contributed by atoms with Gasteiger partial charge in [0.2, 0.25) is 5.91 Å². The predicted octanol–water partition coefficient (Wildman–Crippen LogP) is 3.26. The lowest BCUT2D eigenvalue weighted by Gasteiger charge is -2.07. The highest BCUT2D eigenvalue weighted by Gasteiger charge is 2.06. The Hall–Kier alpha value is -1.95. The smallest absolute Gasteiger partial charge is 0.225 e. The number of nitrogens with one attached hydrogen (secondary N) is 1. The summed E-state index contributed by atoms with van der Waals surface area (Å²) in [7, 11) is 0. The van der Waals surface area contributed by atoms with E-state index in [2.05, 4.69) is 5.32 Å². The summed E-state index contributed by atoms with van der Waals surface area (Å²) in [6, 6.07) is 7.63. The fourth-order valence-electron chi connectivity index (χ4n) is 1.59. The van der Waals surface area contributed by atoms with Crippen molar-refractivity contribution >= 4 is 29.0 Å². The molecule has 6 heteroatoms. The fourth-order valence-corrected chi connectivity index (χ4v) is 2.43. The largest absolute Gasteiger partial charge is 0.468 e. The lowest BCUT2D eigenvalue weighted by Crippen LogP contribution is -2.13. The lowest BCUT2D eigenvalue weighted by atomic mass is 10.2. The molecule has 1 amide bonds. The quantitative estimate of drug-likeness (QED) is 0.634. The zero-order chi connectivity index (χ0) is 14.4. The zero-order valence-electron chi connectivity index (χ0n) is 10.8. The monoisotopic (exact) mass is 294 g/mol. The van der Waals surface area contributed by atoms with Gasteiger partial charge in [-0.1, -0.05) is 0 Å². The molecule has 0 saturated carbocycles. The third-order valence-electron chi connectivity index (χ3n) is 2.59. The number of carbonyl (C=O) groups is 1. The van der Waals surface area contributed by atoms with Crippen LogP contribution in [0.1, 0.15) is 12.2 Å². The standard InChI is InChI=1S/C14H15FN2O2S/c15-10-3-4-13(12(16)8-10)17-14(18)5-7-20-9-11-2-1-6-19-11/h1-4,6,8H,5,7,9,16H2,(H,17,18). The average molecular weight is 294 g/mol. The van der Waals surface area contributed by atoms with Crippen LogP contribution in [0.25, 0.3) is 0 Å². The van der Waals surface area contributed by atoms with Crippen LogP contribution < -0.4 is 11.1 Å². The predicted molar refractivity (Wildman–Crippen MR) is 78.9 cm³/mol. The van der Waals surface area contributed by atoms with E-state index in [0.717, 1.165) is 11.5 Å². The highest BCUT2D eigenvalue weighted by Crippen LogP contribution is 2.19. The van der Waals surface area contributed by atoms with Crippen LogP contribution in [0.2, 0.25) is 0 Å². The Kier molecular flexibility index (Phi) is 5.06. The molecule has 3 N–H and O–H groups in total. The van der Waals surface area contributed by atoms with E-state index in [9.17, 15) is 9.18 Å². The minimum absolute atomic E-state index is 0.143. The molecule has 0 aliphatic carbocycles. The summed E-state index contributed by atoms with van der Waals surface area (Å²) in [5.74, 6) is 1.73. The molecule has 0 unspecified atom stereocenters. The van der Waals surface area contributed by atoms with Gasteiger partial charge in [0.15, 0.2) is 0 Å². The number of hydrogen-bond acceptors (Lipinski definition) is 4. The summed E-state index contributed by atoms with van der Waals surface area (Å²) in [5.41, 5.74) is 6.28. The fraction of sp³-hybridized carbons (Fsp3) is 0.214. The zero-order valence-corrected chi connectivity index (χ0v) is 11.6. The second-order valence-electron chi connectivity index (χ2n) is 4.16. The Morgan fingerprint density at radius 2 is 2.25 bits per heavy atom. The van der Waals surface area contributed by atoms with Crippen LogP contribution in [0.15, 0.2) is 41.0 Å². The molecule has 0 spiro atoms. The van der Waals surface area contributed by atoms with E-state index in [1.807, 2.05) is 12.1 Å². The second-order valence-corrected chi connectivity index (χ2v) is 5.27. The van der Waals surface area contributed by atoms with Gasteiger partial charge in [-0.15, -0.1) is 0 Å². The number of hydrogen-bond donors (Lipinski definition) is 2. The Bertz CT molecular complexity index is 573. The summed E-state index contributed by atoms with van der Waals surface area (Å²) in [4.78, 5) is 11.7. The first-order valence-electron chi connectivity index (χ1n) is 6.10. The molecule has 1 aromatic heterocycles. The molecule has 1 aromatic carbocycles. The Labute approximate surface area is 120 Å². The molecule has 106 valence electrons. The van der Waals surface area contributed by atoms with Crippen LogP contribution in [0.3, 0.4) is 0 Å². The average Bonchev–Trinajstić information content (AvgIpc) is 2.91. The van der Waals surface area contributed by atoms with E-state index in [4.69, 9.17) is 10.2 Å². The minimum atomic E-state index is -0.422. The Balaban J connectivity index is 1.72. The number of nitrogen functional groups attached to an aromatic ring is 1. The van der Waals surface area contributed by atoms with Gasteiger partial charge < -0.3 is 15.5 Å². The highest BCUT2D eigenvalue weighted by atomic mass is 32.2. The third kappa shape index (κ3) is 4.31. The van der Waals surface area contributed by atoms with Crippen molar-refractivity contribution in [2.45, 2.75) is 12.2 Å². The normalized spacial score (nSPS) is 10.4. The van der Waals surface area contributed by atoms with Gasteiger partial charge in [-0.25, -0.2) is 4.39 Å². The Morgan fingerprint density at radius 3 is 2.95 bits per heavy atom. The van der Waals surface area contributed by atoms with Crippen molar-refractivity contribution in [3.05, 3.63) is 48.2 Å². The molecule has 1 heterocycles. The summed E-state index contributed by atoms with van der Waals surface area (Å²) in [6.07, 6.45) is 1.99. The van der Waals surface area contributed by atoms with E-state index in [-0.39, 0.29) is 11.6 Å². The van der Waals surface area contributed by atoms with Crippen LogP contribution in [0.5, 0.6) is 0 Å². The van der Waals surface area contributed by atoms with Crippen molar-refractivity contribution in [3.8, 4) is 0 Å². The van der Waals surface area contributed by atoms with Gasteiger partial charge in [0.05, 0.1) is 23.4 Å². The van der Waals surface area contributed by atoms with Gasteiger partial charge in [0, 0.05) is 12.2 Å². The van der Waals surface area contributed by atoms with Crippen LogP contribution in [0, 0.1) is 5.82 Å². The maximum Gasteiger partial charge on any atom is 0.225 e. The molecule has 2 aromatic rings. The van der Waals surface area contributed by atoms with E-state index in [0.29, 0.717) is 17.9 Å². The summed E-state index contributed by atoms with van der Waals surface area (Å²) < 4.78 is 18.1. The highest BCUT2D eigenvalue weighted by molar-refractivity contribution is 7.98. The van der Waals surface area contributed by atoms with Crippen molar-refractivity contribution in [3.63, 3.8) is 0 Å². The number of thioether (sulfide) groups is 1. The molecule has 0 fully saturated rings. The van der Waals surface area contributed by atoms with Gasteiger partial charge in [-0.05, 0) is 30.3 Å². The van der Waals surface area contributed by atoms with Crippen LogP contribution in [-0.4, -0.2) is 11.7 Å². The number of halogens is 1. The molecule has 0 atom stereocenters. The molecule has 0 saturated heterocycles. The third-order valence-corrected chi connectivity index (χ3v) is 3.57. The molecule has 0 bridgehead atoms. The molecule has 4 nitrogen and oxygen atoms in total. The molecule has 0 aliphatic rings. The van der Waals surface area contributed by atoms with Gasteiger partial charge in [-0.2, -0.15) is 11.8 Å². The van der Waals surface area contributed by atoms with Crippen molar-refractivity contribution in [2.24, 2.45) is 0 Å². The number of nitrogens with two attached hydrogens (primary N) is 1. The number of carbonyl (C=O) groups excluding carboxylic acids is 1. The first kappa shape index (κ1) is 14.5. The van der Waals surface area contributed by atoms with Crippen molar-refractivity contribution in [1.82, 2.24) is 0 Å². The number of rotatable bonds is 6. The van der Waals surface area contributed by atoms with Crippen molar-refractivity contribution < 1.29 is 13.6 Å². The van der Waals surface area contributed by atoms with Crippen LogP contribution in [0.4, 0.5) is 15.8 Å². The summed E-state index contributed by atoms with van der Waals surface area (Å²) in [5, 5.41) is 2.66. The summed E-state index contributed by atoms with van der Waals surface area (Å²) >= 11 is 1.61. The van der Waals surface area contributed by atoms with Gasteiger partial charge in [-0.3, -0.25) is 4.79 Å². The number of amides is 1. The topological polar surface area (TPSA) is 68.3 Å². The van der Waals surface area contributed by atoms with E-state index in [1.54, 1.807) is 18.0 Å².